The molecule has 128 valence electrons. The Morgan fingerprint density at radius 2 is 1.68 bits per heavy atom. The van der Waals surface area contributed by atoms with Crippen molar-refractivity contribution >= 4 is 11.6 Å². The quantitative estimate of drug-likeness (QED) is 0.628. The second-order valence-electron chi connectivity index (χ2n) is 7.42. The van der Waals surface area contributed by atoms with Crippen molar-refractivity contribution in [1.82, 2.24) is 5.43 Å². The zero-order valence-corrected chi connectivity index (χ0v) is 14.6. The Bertz CT molecular complexity index is 779. The molecule has 1 amide bonds. The molecular formula is C22H24N2O. The molecule has 0 spiro atoms. The molecule has 2 aliphatic rings. The van der Waals surface area contributed by atoms with Crippen LogP contribution in [0.15, 0.2) is 59.7 Å². The van der Waals surface area contributed by atoms with Gasteiger partial charge in [-0.05, 0) is 61.3 Å². The summed E-state index contributed by atoms with van der Waals surface area (Å²) in [5.74, 6) is 2.11. The van der Waals surface area contributed by atoms with Crippen LogP contribution in [0.3, 0.4) is 0 Å². The molecule has 2 aromatic carbocycles. The molecule has 0 aromatic heterocycles. The van der Waals surface area contributed by atoms with Gasteiger partial charge in [0.25, 0.3) is 5.91 Å². The minimum Gasteiger partial charge on any atom is -0.267 e. The molecule has 3 unspecified atom stereocenters. The normalized spacial score (nSPS) is 25.2. The van der Waals surface area contributed by atoms with Gasteiger partial charge in [0.15, 0.2) is 0 Å². The van der Waals surface area contributed by atoms with E-state index in [0.29, 0.717) is 11.5 Å². The van der Waals surface area contributed by atoms with Gasteiger partial charge in [-0.3, -0.25) is 4.79 Å². The van der Waals surface area contributed by atoms with Crippen molar-refractivity contribution in [2.24, 2.45) is 22.9 Å². The van der Waals surface area contributed by atoms with E-state index >= 15 is 0 Å². The number of nitrogens with one attached hydrogen (secondary N) is 1. The van der Waals surface area contributed by atoms with Gasteiger partial charge in [0.2, 0.25) is 0 Å². The van der Waals surface area contributed by atoms with Gasteiger partial charge in [0.05, 0.1) is 0 Å². The van der Waals surface area contributed by atoms with Crippen LogP contribution in [0.5, 0.6) is 0 Å². The van der Waals surface area contributed by atoms with Crippen LogP contribution in [0, 0.1) is 17.8 Å². The highest BCUT2D eigenvalue weighted by Crippen LogP contribution is 2.48. The first kappa shape index (κ1) is 16.1. The zero-order chi connectivity index (χ0) is 17.2. The molecule has 2 saturated carbocycles. The van der Waals surface area contributed by atoms with E-state index in [1.807, 2.05) is 42.5 Å². The van der Waals surface area contributed by atoms with Crippen LogP contribution in [0.1, 0.15) is 43.0 Å². The maximum Gasteiger partial charge on any atom is 0.271 e. The van der Waals surface area contributed by atoms with Gasteiger partial charge in [-0.2, -0.15) is 5.10 Å². The molecule has 25 heavy (non-hydrogen) atoms. The molecule has 0 aliphatic heterocycles. The lowest BCUT2D eigenvalue weighted by Crippen LogP contribution is -2.24. The molecule has 2 aliphatic carbocycles. The maximum atomic E-state index is 12.4. The van der Waals surface area contributed by atoms with Crippen molar-refractivity contribution in [2.45, 2.75) is 32.6 Å². The number of nitrogens with zero attached hydrogens (tertiary/aromatic N) is 1. The fraction of sp³-hybridized carbons (Fsp3) is 0.364. The predicted molar refractivity (Wildman–Crippen MR) is 101 cm³/mol. The van der Waals surface area contributed by atoms with Crippen LogP contribution in [0.2, 0.25) is 0 Å². The van der Waals surface area contributed by atoms with E-state index in [-0.39, 0.29) is 5.91 Å². The Morgan fingerprint density at radius 1 is 0.960 bits per heavy atom. The fourth-order valence-electron chi connectivity index (χ4n) is 4.49. The van der Waals surface area contributed by atoms with Gasteiger partial charge in [0, 0.05) is 17.2 Å². The average Bonchev–Trinajstić information content (AvgIpc) is 3.30. The van der Waals surface area contributed by atoms with E-state index in [4.69, 9.17) is 0 Å². The molecule has 0 heterocycles. The van der Waals surface area contributed by atoms with Crippen molar-refractivity contribution in [3.05, 3.63) is 60.2 Å². The third-order valence-corrected chi connectivity index (χ3v) is 5.86. The number of hydrogen-bond donors (Lipinski definition) is 1. The highest BCUT2D eigenvalue weighted by molar-refractivity contribution is 5.96. The summed E-state index contributed by atoms with van der Waals surface area (Å²) in [5, 5.41) is 4.40. The van der Waals surface area contributed by atoms with Crippen LogP contribution >= 0.6 is 0 Å². The molecule has 3 nitrogen and oxygen atoms in total. The van der Waals surface area contributed by atoms with E-state index in [2.05, 4.69) is 29.6 Å². The lowest BCUT2D eigenvalue weighted by Gasteiger charge is -2.21. The first-order valence-electron chi connectivity index (χ1n) is 9.20. The Labute approximate surface area is 149 Å². The molecule has 4 rings (SSSR count). The largest absolute Gasteiger partial charge is 0.271 e. The van der Waals surface area contributed by atoms with E-state index in [1.165, 1.54) is 25.7 Å². The summed E-state index contributed by atoms with van der Waals surface area (Å²) in [4.78, 5) is 12.4. The number of amides is 1. The van der Waals surface area contributed by atoms with Crippen molar-refractivity contribution in [2.75, 3.05) is 0 Å². The first-order valence-corrected chi connectivity index (χ1v) is 9.20. The fourth-order valence-corrected chi connectivity index (χ4v) is 4.49. The average molecular weight is 332 g/mol. The molecule has 3 heteroatoms. The molecule has 2 bridgehead atoms. The van der Waals surface area contributed by atoms with E-state index in [9.17, 15) is 4.79 Å². The van der Waals surface area contributed by atoms with Crippen LogP contribution in [-0.4, -0.2) is 11.6 Å². The van der Waals surface area contributed by atoms with Gasteiger partial charge in [0.1, 0.15) is 0 Å². The second kappa shape index (κ2) is 6.83. The van der Waals surface area contributed by atoms with Crippen molar-refractivity contribution < 1.29 is 4.79 Å². The number of carbonyl (C=O) groups is 1. The second-order valence-corrected chi connectivity index (χ2v) is 7.42. The molecule has 1 N–H and O–H groups in total. The molecular weight excluding hydrogens is 308 g/mol. The van der Waals surface area contributed by atoms with Gasteiger partial charge >= 0.3 is 0 Å². The Balaban J connectivity index is 1.40. The first-order chi connectivity index (χ1) is 12.2. The Morgan fingerprint density at radius 3 is 2.32 bits per heavy atom. The van der Waals surface area contributed by atoms with Crippen LogP contribution < -0.4 is 5.43 Å². The summed E-state index contributed by atoms with van der Waals surface area (Å²) in [6.45, 7) is 2.06. The van der Waals surface area contributed by atoms with Gasteiger partial charge in [-0.1, -0.05) is 48.9 Å². The summed E-state index contributed by atoms with van der Waals surface area (Å²) >= 11 is 0. The van der Waals surface area contributed by atoms with E-state index in [1.54, 1.807) is 0 Å². The summed E-state index contributed by atoms with van der Waals surface area (Å²) in [6.07, 6.45) is 5.32. The van der Waals surface area contributed by atoms with Crippen molar-refractivity contribution in [3.63, 3.8) is 0 Å². The van der Waals surface area contributed by atoms with Crippen LogP contribution in [0.25, 0.3) is 11.1 Å². The number of benzene rings is 2. The highest BCUT2D eigenvalue weighted by atomic mass is 16.2. The number of hydrazone groups is 1. The summed E-state index contributed by atoms with van der Waals surface area (Å²) in [6, 6.07) is 17.9. The third kappa shape index (κ3) is 3.37. The lowest BCUT2D eigenvalue weighted by molar-refractivity contribution is 0.0954. The summed E-state index contributed by atoms with van der Waals surface area (Å²) in [5.41, 5.74) is 6.73. The predicted octanol–water partition coefficient (Wildman–Crippen LogP) is 4.90. The Hall–Kier alpha value is -2.42. The number of fused-ring (bicyclic) bond motifs is 2. The Kier molecular flexibility index (Phi) is 4.39. The van der Waals surface area contributed by atoms with Crippen molar-refractivity contribution in [1.29, 1.82) is 0 Å². The SMILES string of the molecule is C/C(=N\NC(=O)c1ccc(-c2ccccc2)cc1)C1CC2CCC1C2. The van der Waals surface area contributed by atoms with Gasteiger partial charge < -0.3 is 0 Å². The standard InChI is InChI=1S/C22H24N2O/c1-15(21-14-16-7-8-20(21)13-16)23-24-22(25)19-11-9-18(10-12-19)17-5-3-2-4-6-17/h2-6,9-12,16,20-21H,7-8,13-14H2,1H3,(H,24,25)/b23-15+. The summed E-state index contributed by atoms with van der Waals surface area (Å²) in [7, 11) is 0. The molecule has 2 fully saturated rings. The van der Waals surface area contributed by atoms with Gasteiger partial charge in [-0.15, -0.1) is 0 Å². The molecule has 0 radical (unpaired) electrons. The maximum absolute atomic E-state index is 12.4. The topological polar surface area (TPSA) is 41.5 Å². The number of carbonyl (C=O) groups excluding carboxylic acids is 1. The number of rotatable bonds is 4. The minimum atomic E-state index is -0.137. The van der Waals surface area contributed by atoms with E-state index < -0.39 is 0 Å². The third-order valence-electron chi connectivity index (χ3n) is 5.86. The monoisotopic (exact) mass is 332 g/mol. The molecule has 2 aromatic rings. The number of hydrogen-bond acceptors (Lipinski definition) is 2. The van der Waals surface area contributed by atoms with Crippen molar-refractivity contribution in [3.8, 4) is 11.1 Å². The highest BCUT2D eigenvalue weighted by Gasteiger charge is 2.40. The smallest absolute Gasteiger partial charge is 0.267 e. The molecule has 3 atom stereocenters. The van der Waals surface area contributed by atoms with Gasteiger partial charge in [-0.25, -0.2) is 5.43 Å². The molecule has 0 saturated heterocycles. The summed E-state index contributed by atoms with van der Waals surface area (Å²) < 4.78 is 0. The van der Waals surface area contributed by atoms with Crippen LogP contribution in [-0.2, 0) is 0 Å². The lowest BCUT2D eigenvalue weighted by atomic mass is 9.86. The zero-order valence-electron chi connectivity index (χ0n) is 14.6. The minimum absolute atomic E-state index is 0.137. The van der Waals surface area contributed by atoms with Crippen LogP contribution in [0.4, 0.5) is 0 Å². The van der Waals surface area contributed by atoms with E-state index in [0.717, 1.165) is 28.7 Å².